The Morgan fingerprint density at radius 1 is 1.28 bits per heavy atom. The lowest BCUT2D eigenvalue weighted by atomic mass is 9.96. The number of piperidine rings is 1. The van der Waals surface area contributed by atoms with Crippen LogP contribution < -0.4 is 4.90 Å². The molecular formula is C17H21N3O4S. The lowest BCUT2D eigenvalue weighted by Gasteiger charge is -2.32. The first kappa shape index (κ1) is 17.6. The number of carbonyl (C=O) groups is 1. The van der Waals surface area contributed by atoms with Crippen molar-refractivity contribution in [3.63, 3.8) is 0 Å². The van der Waals surface area contributed by atoms with Crippen LogP contribution in [0.4, 0.5) is 5.82 Å². The average molecular weight is 363 g/mol. The normalized spacial score (nSPS) is 16.7. The van der Waals surface area contributed by atoms with E-state index in [0.29, 0.717) is 44.1 Å². The molecule has 0 spiro atoms. The highest BCUT2D eigenvalue weighted by Gasteiger charge is 2.32. The maximum atomic E-state index is 13.1. The quantitative estimate of drug-likeness (QED) is 0.810. The topological polar surface area (TPSA) is 83.7 Å². The van der Waals surface area contributed by atoms with E-state index in [-0.39, 0.29) is 11.8 Å². The van der Waals surface area contributed by atoms with Crippen molar-refractivity contribution in [1.29, 1.82) is 0 Å². The molecule has 1 aliphatic rings. The second-order valence-electron chi connectivity index (χ2n) is 6.13. The maximum absolute atomic E-state index is 13.1. The number of hydrogen-bond donors (Lipinski definition) is 0. The highest BCUT2D eigenvalue weighted by molar-refractivity contribution is 7.88. The van der Waals surface area contributed by atoms with Crippen LogP contribution in [0.1, 0.15) is 18.6 Å². The van der Waals surface area contributed by atoms with Gasteiger partial charge in [0, 0.05) is 25.2 Å². The fraction of sp³-hybridized carbons (Fsp3) is 0.412. The van der Waals surface area contributed by atoms with Crippen LogP contribution in [-0.2, 0) is 21.4 Å². The molecule has 1 aliphatic heterocycles. The fourth-order valence-electron chi connectivity index (χ4n) is 3.00. The Hall–Kier alpha value is -2.19. The Bertz CT molecular complexity index is 798. The van der Waals surface area contributed by atoms with E-state index < -0.39 is 10.0 Å². The zero-order valence-electron chi connectivity index (χ0n) is 14.0. The second kappa shape index (κ2) is 7.37. The predicted octanol–water partition coefficient (Wildman–Crippen LogP) is 1.88. The summed E-state index contributed by atoms with van der Waals surface area (Å²) in [4.78, 5) is 19.0. The minimum Gasteiger partial charge on any atom is -0.467 e. The molecule has 1 amide bonds. The predicted molar refractivity (Wildman–Crippen MR) is 93.3 cm³/mol. The molecule has 0 unspecified atom stereocenters. The third kappa shape index (κ3) is 4.26. The molecule has 0 saturated carbocycles. The Balaban J connectivity index is 1.76. The summed E-state index contributed by atoms with van der Waals surface area (Å²) in [5.41, 5.74) is 0. The van der Waals surface area contributed by atoms with Gasteiger partial charge in [-0.15, -0.1) is 0 Å². The number of sulfonamides is 1. The van der Waals surface area contributed by atoms with Crippen LogP contribution in [0.3, 0.4) is 0 Å². The molecule has 0 bridgehead atoms. The molecule has 25 heavy (non-hydrogen) atoms. The molecule has 8 heteroatoms. The number of furan rings is 1. The smallest absolute Gasteiger partial charge is 0.231 e. The van der Waals surface area contributed by atoms with Crippen LogP contribution in [0, 0.1) is 5.92 Å². The number of anilines is 1. The van der Waals surface area contributed by atoms with E-state index in [0.717, 1.165) is 0 Å². The molecule has 3 rings (SSSR count). The first-order chi connectivity index (χ1) is 11.9. The van der Waals surface area contributed by atoms with Gasteiger partial charge in [0.05, 0.1) is 19.1 Å². The number of pyridine rings is 1. The molecule has 2 aromatic heterocycles. The van der Waals surface area contributed by atoms with Gasteiger partial charge in [-0.05, 0) is 37.1 Å². The van der Waals surface area contributed by atoms with Crippen molar-refractivity contribution in [3.05, 3.63) is 48.6 Å². The summed E-state index contributed by atoms with van der Waals surface area (Å²) in [6.45, 7) is 1.03. The molecule has 134 valence electrons. The molecular weight excluding hydrogens is 342 g/mol. The minimum absolute atomic E-state index is 0.0525. The number of hydrogen-bond acceptors (Lipinski definition) is 5. The van der Waals surface area contributed by atoms with Crippen molar-refractivity contribution >= 4 is 21.7 Å². The van der Waals surface area contributed by atoms with Crippen LogP contribution in [0.2, 0.25) is 0 Å². The van der Waals surface area contributed by atoms with Crippen molar-refractivity contribution in [2.75, 3.05) is 24.2 Å². The van der Waals surface area contributed by atoms with Crippen LogP contribution in [-0.4, -0.2) is 43.0 Å². The van der Waals surface area contributed by atoms with Gasteiger partial charge in [0.1, 0.15) is 11.6 Å². The van der Waals surface area contributed by atoms with Gasteiger partial charge >= 0.3 is 0 Å². The molecule has 1 fully saturated rings. The number of carbonyl (C=O) groups excluding carboxylic acids is 1. The summed E-state index contributed by atoms with van der Waals surface area (Å²) in [5, 5.41) is 0. The third-order valence-electron chi connectivity index (χ3n) is 4.36. The first-order valence-electron chi connectivity index (χ1n) is 8.15. The summed E-state index contributed by atoms with van der Waals surface area (Å²) >= 11 is 0. The van der Waals surface area contributed by atoms with Crippen LogP contribution in [0.5, 0.6) is 0 Å². The van der Waals surface area contributed by atoms with E-state index in [1.165, 1.54) is 10.6 Å². The zero-order chi connectivity index (χ0) is 17.9. The molecule has 0 aliphatic carbocycles. The Morgan fingerprint density at radius 3 is 2.60 bits per heavy atom. The summed E-state index contributed by atoms with van der Waals surface area (Å²) in [6, 6.07) is 9.00. The molecule has 0 aromatic carbocycles. The van der Waals surface area contributed by atoms with Gasteiger partial charge < -0.3 is 4.42 Å². The van der Waals surface area contributed by atoms with Gasteiger partial charge in [-0.3, -0.25) is 9.69 Å². The summed E-state index contributed by atoms with van der Waals surface area (Å²) in [6.07, 6.45) is 5.43. The number of aromatic nitrogens is 1. The van der Waals surface area contributed by atoms with Gasteiger partial charge in [-0.25, -0.2) is 17.7 Å². The van der Waals surface area contributed by atoms with E-state index in [2.05, 4.69) is 4.98 Å². The zero-order valence-corrected chi connectivity index (χ0v) is 14.9. The SMILES string of the molecule is CS(=O)(=O)N1CCC(C(=O)N(Cc2ccco2)c2ccccn2)CC1. The fourth-order valence-corrected chi connectivity index (χ4v) is 3.87. The molecule has 3 heterocycles. The lowest BCUT2D eigenvalue weighted by Crippen LogP contribution is -2.44. The molecule has 2 aromatic rings. The van der Waals surface area contributed by atoms with Gasteiger partial charge in [0.25, 0.3) is 0 Å². The van der Waals surface area contributed by atoms with Crippen molar-refractivity contribution in [3.8, 4) is 0 Å². The lowest BCUT2D eigenvalue weighted by molar-refractivity contribution is -0.123. The molecule has 0 atom stereocenters. The molecule has 7 nitrogen and oxygen atoms in total. The van der Waals surface area contributed by atoms with E-state index in [1.807, 2.05) is 12.1 Å². The van der Waals surface area contributed by atoms with Crippen molar-refractivity contribution in [1.82, 2.24) is 9.29 Å². The summed E-state index contributed by atoms with van der Waals surface area (Å²) in [7, 11) is -3.21. The number of rotatable bonds is 5. The van der Waals surface area contributed by atoms with Crippen LogP contribution >= 0.6 is 0 Å². The summed E-state index contributed by atoms with van der Waals surface area (Å²) in [5.74, 6) is 0.959. The molecule has 0 radical (unpaired) electrons. The Morgan fingerprint density at radius 2 is 2.04 bits per heavy atom. The van der Waals surface area contributed by atoms with Crippen LogP contribution in [0.25, 0.3) is 0 Å². The molecule has 0 N–H and O–H groups in total. The second-order valence-corrected chi connectivity index (χ2v) is 8.11. The van der Waals surface area contributed by atoms with Crippen molar-refractivity contribution in [2.45, 2.75) is 19.4 Å². The molecule has 1 saturated heterocycles. The highest BCUT2D eigenvalue weighted by atomic mass is 32.2. The Labute approximate surface area is 147 Å². The number of amides is 1. The summed E-state index contributed by atoms with van der Waals surface area (Å²) < 4.78 is 30.1. The average Bonchev–Trinajstić information content (AvgIpc) is 3.12. The minimum atomic E-state index is -3.21. The van der Waals surface area contributed by atoms with Gasteiger partial charge in [-0.1, -0.05) is 6.07 Å². The van der Waals surface area contributed by atoms with Gasteiger partial charge in [-0.2, -0.15) is 0 Å². The van der Waals surface area contributed by atoms with E-state index in [9.17, 15) is 13.2 Å². The van der Waals surface area contributed by atoms with E-state index >= 15 is 0 Å². The van der Waals surface area contributed by atoms with Gasteiger partial charge in [0.15, 0.2) is 0 Å². The standard InChI is InChI=1S/C17H21N3O4S/c1-25(22,23)19-10-7-14(8-11-19)17(21)20(13-15-5-4-12-24-15)16-6-2-3-9-18-16/h2-6,9,12,14H,7-8,10-11,13H2,1H3. The largest absolute Gasteiger partial charge is 0.467 e. The van der Waals surface area contributed by atoms with Gasteiger partial charge in [0.2, 0.25) is 15.9 Å². The van der Waals surface area contributed by atoms with E-state index in [1.54, 1.807) is 35.6 Å². The van der Waals surface area contributed by atoms with Crippen molar-refractivity contribution in [2.24, 2.45) is 5.92 Å². The number of nitrogens with zero attached hydrogens (tertiary/aromatic N) is 3. The highest BCUT2D eigenvalue weighted by Crippen LogP contribution is 2.25. The Kier molecular flexibility index (Phi) is 5.19. The van der Waals surface area contributed by atoms with E-state index in [4.69, 9.17) is 4.42 Å². The third-order valence-corrected chi connectivity index (χ3v) is 5.66. The van der Waals surface area contributed by atoms with Crippen molar-refractivity contribution < 1.29 is 17.6 Å². The first-order valence-corrected chi connectivity index (χ1v) is 10.00. The maximum Gasteiger partial charge on any atom is 0.231 e. The van der Waals surface area contributed by atoms with Crippen LogP contribution in [0.15, 0.2) is 47.2 Å². The monoisotopic (exact) mass is 363 g/mol.